The summed E-state index contributed by atoms with van der Waals surface area (Å²) in [6.45, 7) is 3.97. The maximum absolute atomic E-state index is 11.4. The van der Waals surface area contributed by atoms with Crippen LogP contribution in [0.1, 0.15) is 20.3 Å². The summed E-state index contributed by atoms with van der Waals surface area (Å²) in [6.07, 6.45) is 0.759. The van der Waals surface area contributed by atoms with Gasteiger partial charge < -0.3 is 15.6 Å². The zero-order chi connectivity index (χ0) is 11.6. The van der Waals surface area contributed by atoms with Gasteiger partial charge in [0.15, 0.2) is 0 Å². The summed E-state index contributed by atoms with van der Waals surface area (Å²) in [4.78, 5) is 22.1. The summed E-state index contributed by atoms with van der Waals surface area (Å²) in [5, 5.41) is 8.76. The first-order chi connectivity index (χ1) is 7.04. The van der Waals surface area contributed by atoms with Crippen molar-refractivity contribution in [3.8, 4) is 0 Å². The average molecular weight is 215 g/mol. The van der Waals surface area contributed by atoms with Crippen molar-refractivity contribution >= 4 is 11.9 Å². The number of rotatable bonds is 5. The number of carbonyl (C=O) groups excluding carboxylic acids is 1. The summed E-state index contributed by atoms with van der Waals surface area (Å²) in [5.74, 6) is -1.88. The second-order valence-corrected chi connectivity index (χ2v) is 3.79. The molecular weight excluding hydrogens is 198 g/mol. The molecule has 3 unspecified atom stereocenters. The topological polar surface area (TPSA) is 89.6 Å². The monoisotopic (exact) mass is 215 g/mol. The van der Waals surface area contributed by atoms with Crippen LogP contribution < -0.4 is 5.73 Å². The number of nitrogens with two attached hydrogens (primary N) is 1. The van der Waals surface area contributed by atoms with Gasteiger partial charge >= 0.3 is 11.9 Å². The van der Waals surface area contributed by atoms with Crippen LogP contribution in [0.5, 0.6) is 0 Å². The number of carboxylic acid groups (broad SMARTS) is 1. The van der Waals surface area contributed by atoms with E-state index in [-0.39, 0.29) is 23.7 Å². The lowest BCUT2D eigenvalue weighted by Crippen LogP contribution is -2.34. The second-order valence-electron chi connectivity index (χ2n) is 3.79. The normalized spacial score (nSPS) is 30.7. The van der Waals surface area contributed by atoms with Crippen molar-refractivity contribution in [2.24, 2.45) is 23.5 Å². The number of ether oxygens (including phenoxy) is 1. The van der Waals surface area contributed by atoms with Gasteiger partial charge in [-0.1, -0.05) is 13.3 Å². The molecule has 1 rings (SSSR count). The quantitative estimate of drug-likeness (QED) is 0.641. The molecule has 5 heteroatoms. The summed E-state index contributed by atoms with van der Waals surface area (Å²) >= 11 is 0. The maximum Gasteiger partial charge on any atom is 0.320 e. The molecule has 0 bridgehead atoms. The first kappa shape index (κ1) is 12.0. The number of hydrogen-bond acceptors (Lipinski definition) is 4. The molecule has 1 aliphatic rings. The lowest BCUT2D eigenvalue weighted by atomic mass is 10.1. The lowest BCUT2D eigenvalue weighted by molar-refractivity contribution is -0.145. The Morgan fingerprint density at radius 3 is 2.47 bits per heavy atom. The molecule has 1 aliphatic carbocycles. The van der Waals surface area contributed by atoms with Crippen LogP contribution in [0.3, 0.4) is 0 Å². The second kappa shape index (κ2) is 4.61. The van der Waals surface area contributed by atoms with Crippen molar-refractivity contribution in [2.75, 3.05) is 6.61 Å². The van der Waals surface area contributed by atoms with E-state index in [1.54, 1.807) is 6.92 Å². The van der Waals surface area contributed by atoms with Crippen LogP contribution in [0.15, 0.2) is 0 Å². The van der Waals surface area contributed by atoms with E-state index in [0.717, 1.165) is 6.42 Å². The van der Waals surface area contributed by atoms with Crippen LogP contribution >= 0.6 is 0 Å². The number of carbonyl (C=O) groups is 2. The van der Waals surface area contributed by atoms with E-state index in [9.17, 15) is 9.59 Å². The fourth-order valence-corrected chi connectivity index (χ4v) is 2.15. The molecule has 0 amide bonds. The van der Waals surface area contributed by atoms with Gasteiger partial charge in [-0.05, 0) is 12.8 Å². The van der Waals surface area contributed by atoms with Gasteiger partial charge in [0, 0.05) is 5.92 Å². The van der Waals surface area contributed by atoms with E-state index in [4.69, 9.17) is 15.6 Å². The zero-order valence-electron chi connectivity index (χ0n) is 8.97. The summed E-state index contributed by atoms with van der Waals surface area (Å²) in [5.41, 5.74) is 5.50. The third-order valence-corrected chi connectivity index (χ3v) is 2.96. The number of carboxylic acids is 1. The van der Waals surface area contributed by atoms with Gasteiger partial charge in [0.25, 0.3) is 0 Å². The highest BCUT2D eigenvalue weighted by Crippen LogP contribution is 2.50. The molecule has 0 saturated heterocycles. The molecule has 5 nitrogen and oxygen atoms in total. The molecule has 1 saturated carbocycles. The van der Waals surface area contributed by atoms with Crippen LogP contribution in [0.2, 0.25) is 0 Å². The molecule has 0 heterocycles. The minimum atomic E-state index is -1.05. The van der Waals surface area contributed by atoms with E-state index in [1.807, 2.05) is 6.92 Å². The van der Waals surface area contributed by atoms with Gasteiger partial charge in [-0.25, -0.2) is 0 Å². The smallest absolute Gasteiger partial charge is 0.320 e. The van der Waals surface area contributed by atoms with Crippen molar-refractivity contribution in [1.29, 1.82) is 0 Å². The van der Waals surface area contributed by atoms with Crippen molar-refractivity contribution < 1.29 is 19.4 Å². The number of aliphatic carboxylic acids is 1. The third-order valence-electron chi connectivity index (χ3n) is 2.96. The van der Waals surface area contributed by atoms with E-state index in [1.165, 1.54) is 0 Å². The molecule has 0 spiro atoms. The highest BCUT2D eigenvalue weighted by Gasteiger charge is 2.58. The summed E-state index contributed by atoms with van der Waals surface area (Å²) < 4.78 is 4.87. The Labute approximate surface area is 88.6 Å². The summed E-state index contributed by atoms with van der Waals surface area (Å²) in [7, 11) is 0. The van der Waals surface area contributed by atoms with Crippen LogP contribution in [-0.2, 0) is 14.3 Å². The van der Waals surface area contributed by atoms with Crippen LogP contribution in [0.25, 0.3) is 0 Å². The Kier molecular flexibility index (Phi) is 3.68. The highest BCUT2D eigenvalue weighted by atomic mass is 16.5. The van der Waals surface area contributed by atoms with E-state index in [2.05, 4.69) is 0 Å². The predicted octanol–water partition coefficient (Wildman–Crippen LogP) is 0.234. The number of esters is 1. The molecule has 86 valence electrons. The van der Waals surface area contributed by atoms with Crippen molar-refractivity contribution in [3.05, 3.63) is 0 Å². The lowest BCUT2D eigenvalue weighted by Gasteiger charge is -2.04. The number of hydrogen-bond donors (Lipinski definition) is 2. The molecule has 0 aromatic heterocycles. The molecule has 1 fully saturated rings. The first-order valence-electron chi connectivity index (χ1n) is 5.19. The molecule has 4 atom stereocenters. The summed E-state index contributed by atoms with van der Waals surface area (Å²) in [6, 6.07) is -0.954. The molecule has 0 aliphatic heterocycles. The van der Waals surface area contributed by atoms with Gasteiger partial charge in [-0.2, -0.15) is 0 Å². The Morgan fingerprint density at radius 2 is 2.07 bits per heavy atom. The largest absolute Gasteiger partial charge is 0.480 e. The van der Waals surface area contributed by atoms with E-state index in [0.29, 0.717) is 6.61 Å². The highest BCUT2D eigenvalue weighted by molar-refractivity contribution is 5.81. The maximum atomic E-state index is 11.4. The Hall–Kier alpha value is -1.10. The SMILES string of the molecule is CCOC(=O)C1C(CC)C1[C@H](N)C(=O)O. The molecule has 0 radical (unpaired) electrons. The Morgan fingerprint density at radius 1 is 1.47 bits per heavy atom. The molecule has 0 aromatic rings. The molecular formula is C10H17NO4. The minimum absolute atomic E-state index is 0.0650. The van der Waals surface area contributed by atoms with Gasteiger partial charge in [-0.3, -0.25) is 9.59 Å². The molecule has 15 heavy (non-hydrogen) atoms. The van der Waals surface area contributed by atoms with Crippen LogP contribution in [-0.4, -0.2) is 29.7 Å². The average Bonchev–Trinajstić information content (AvgIpc) is 2.90. The molecule has 3 N–H and O–H groups in total. The zero-order valence-corrected chi connectivity index (χ0v) is 8.97. The van der Waals surface area contributed by atoms with Crippen molar-refractivity contribution in [3.63, 3.8) is 0 Å². The predicted molar refractivity (Wildman–Crippen MR) is 53.0 cm³/mol. The third kappa shape index (κ3) is 2.28. The van der Waals surface area contributed by atoms with Crippen LogP contribution in [0, 0.1) is 17.8 Å². The van der Waals surface area contributed by atoms with Crippen molar-refractivity contribution in [1.82, 2.24) is 0 Å². The van der Waals surface area contributed by atoms with Crippen LogP contribution in [0.4, 0.5) is 0 Å². The Bertz CT molecular complexity index is 266. The van der Waals surface area contributed by atoms with Gasteiger partial charge in [0.2, 0.25) is 0 Å². The first-order valence-corrected chi connectivity index (χ1v) is 5.19. The fraction of sp³-hybridized carbons (Fsp3) is 0.800. The van der Waals surface area contributed by atoms with E-state index < -0.39 is 12.0 Å². The molecule has 0 aromatic carbocycles. The standard InChI is InChI=1S/C10H17NO4/c1-3-5-6(8(11)9(12)13)7(5)10(14)15-4-2/h5-8H,3-4,11H2,1-2H3,(H,12,13)/t5?,6?,7?,8-/m0/s1. The van der Waals surface area contributed by atoms with Gasteiger partial charge in [-0.15, -0.1) is 0 Å². The van der Waals surface area contributed by atoms with E-state index >= 15 is 0 Å². The van der Waals surface area contributed by atoms with Gasteiger partial charge in [0.1, 0.15) is 6.04 Å². The minimum Gasteiger partial charge on any atom is -0.480 e. The van der Waals surface area contributed by atoms with Gasteiger partial charge in [0.05, 0.1) is 12.5 Å². The Balaban J connectivity index is 2.60. The van der Waals surface area contributed by atoms with Crippen molar-refractivity contribution in [2.45, 2.75) is 26.3 Å². The fourth-order valence-electron chi connectivity index (χ4n) is 2.15.